The summed E-state index contributed by atoms with van der Waals surface area (Å²) in [5.74, 6) is -1.78. The first-order valence-corrected chi connectivity index (χ1v) is 13.6. The van der Waals surface area contributed by atoms with Gasteiger partial charge in [-0.3, -0.25) is 0 Å². The molecular weight excluding hydrogens is 581 g/mol. The normalized spacial score (nSPS) is 12.3. The predicted molar refractivity (Wildman–Crippen MR) is 141 cm³/mol. The Bertz CT molecular complexity index is 1560. The number of sulfone groups is 1. The van der Waals surface area contributed by atoms with Gasteiger partial charge in [0, 0.05) is 32.9 Å². The molecule has 3 aromatic carbocycles. The smallest absolute Gasteiger partial charge is 0.176 e. The van der Waals surface area contributed by atoms with E-state index in [2.05, 4.69) is 21.0 Å². The predicted octanol–water partition coefficient (Wildman–Crippen LogP) is 7.74. The molecule has 4 nitrogen and oxygen atoms in total. The van der Waals surface area contributed by atoms with Crippen molar-refractivity contribution in [1.29, 1.82) is 0 Å². The summed E-state index contributed by atoms with van der Waals surface area (Å²) < 4.78 is 55.6. The zero-order chi connectivity index (χ0) is 25.5. The second kappa shape index (κ2) is 9.85. The zero-order valence-electron chi connectivity index (χ0n) is 18.4. The van der Waals surface area contributed by atoms with Crippen LogP contribution in [0.5, 0.6) is 0 Å². The minimum Gasteiger partial charge on any atom is -0.231 e. The van der Waals surface area contributed by atoms with Crippen molar-refractivity contribution in [2.24, 2.45) is 0 Å². The topological polar surface area (TPSA) is 52.0 Å². The summed E-state index contributed by atoms with van der Waals surface area (Å²) in [7, 11) is -3.89. The monoisotopic (exact) mass is 596 g/mol. The highest BCUT2D eigenvalue weighted by atomic mass is 79.9. The number of hydrogen-bond donors (Lipinski definition) is 0. The molecule has 1 aromatic heterocycles. The first kappa shape index (κ1) is 25.6. The van der Waals surface area contributed by atoms with Crippen LogP contribution in [0.1, 0.15) is 16.8 Å². The lowest BCUT2D eigenvalue weighted by molar-refractivity contribution is 0.582. The van der Waals surface area contributed by atoms with Crippen LogP contribution in [0, 0.1) is 18.6 Å². The van der Waals surface area contributed by atoms with Gasteiger partial charge < -0.3 is 0 Å². The van der Waals surface area contributed by atoms with Crippen molar-refractivity contribution in [3.63, 3.8) is 0 Å². The third-order valence-electron chi connectivity index (χ3n) is 5.23. The third-order valence-corrected chi connectivity index (χ3v) is 7.45. The summed E-state index contributed by atoms with van der Waals surface area (Å²) >= 11 is 16.0. The number of hydrogen-bond acceptors (Lipinski definition) is 3. The van der Waals surface area contributed by atoms with Crippen molar-refractivity contribution >= 4 is 60.0 Å². The molecule has 0 bridgehead atoms. The van der Waals surface area contributed by atoms with Crippen LogP contribution >= 0.6 is 39.1 Å². The molecule has 4 aromatic rings. The molecule has 0 aliphatic rings. The van der Waals surface area contributed by atoms with Crippen LogP contribution in [0.25, 0.3) is 27.9 Å². The van der Waals surface area contributed by atoms with Crippen molar-refractivity contribution in [1.82, 2.24) is 9.78 Å². The first-order valence-electron chi connectivity index (χ1n) is 10.1. The molecule has 0 unspecified atom stereocenters. The molecule has 1 heterocycles. The van der Waals surface area contributed by atoms with E-state index in [-0.39, 0.29) is 10.5 Å². The van der Waals surface area contributed by atoms with Crippen LogP contribution in [-0.2, 0) is 9.84 Å². The van der Waals surface area contributed by atoms with E-state index in [0.29, 0.717) is 38.8 Å². The molecule has 0 fully saturated rings. The lowest BCUT2D eigenvalue weighted by Crippen LogP contribution is -2.02. The second-order valence-corrected chi connectivity index (χ2v) is 11.6. The van der Waals surface area contributed by atoms with Crippen molar-refractivity contribution < 1.29 is 17.2 Å². The van der Waals surface area contributed by atoms with Crippen LogP contribution < -0.4 is 0 Å². The van der Waals surface area contributed by atoms with Crippen molar-refractivity contribution in [3.05, 3.63) is 104 Å². The molecule has 0 spiro atoms. The van der Waals surface area contributed by atoms with Gasteiger partial charge in [0.05, 0.1) is 27.0 Å². The fraction of sp³-hybridized carbons (Fsp3) is 0.0800. The molecule has 180 valence electrons. The van der Waals surface area contributed by atoms with Gasteiger partial charge in [0.25, 0.3) is 0 Å². The van der Waals surface area contributed by atoms with Gasteiger partial charge in [0.2, 0.25) is 0 Å². The number of halogens is 5. The molecular formula is C25H17BrCl2F2N2O2S. The molecule has 0 atom stereocenters. The molecule has 0 saturated carbocycles. The van der Waals surface area contributed by atoms with E-state index in [4.69, 9.17) is 23.2 Å². The molecule has 35 heavy (non-hydrogen) atoms. The van der Waals surface area contributed by atoms with Crippen molar-refractivity contribution in [2.45, 2.75) is 6.92 Å². The van der Waals surface area contributed by atoms with E-state index in [1.165, 1.54) is 6.08 Å². The number of aromatic nitrogens is 2. The Morgan fingerprint density at radius 2 is 1.63 bits per heavy atom. The summed E-state index contributed by atoms with van der Waals surface area (Å²) in [6.45, 7) is 1.78. The Labute approximate surface area is 219 Å². The van der Waals surface area contributed by atoms with E-state index in [0.717, 1.165) is 28.4 Å². The van der Waals surface area contributed by atoms with Gasteiger partial charge >= 0.3 is 0 Å². The summed E-state index contributed by atoms with van der Waals surface area (Å²) in [5.41, 5.74) is 2.78. The van der Waals surface area contributed by atoms with Gasteiger partial charge in [-0.2, -0.15) is 5.10 Å². The standard InChI is InChI=1S/C25H17BrCl2F2N2O2S/c1-14-22(13-24(35(2,33)34)16-9-19(29)12-20(30)10-16)31-32(23-8-7-18(27)11-21(23)28)25(14)15-3-5-17(26)6-4-15/h3-13H,1-2H3/b24-13-. The van der Waals surface area contributed by atoms with Gasteiger partial charge in [0.1, 0.15) is 11.6 Å². The maximum Gasteiger partial charge on any atom is 0.176 e. The molecule has 4 rings (SSSR count). The maximum absolute atomic E-state index is 13.9. The Balaban J connectivity index is 2.02. The highest BCUT2D eigenvalue weighted by molar-refractivity contribution is 9.10. The van der Waals surface area contributed by atoms with E-state index in [1.807, 2.05) is 24.3 Å². The minimum atomic E-state index is -3.89. The summed E-state index contributed by atoms with van der Waals surface area (Å²) in [4.78, 5) is -0.270. The average Bonchev–Trinajstić information content (AvgIpc) is 3.07. The second-order valence-electron chi connectivity index (χ2n) is 7.81. The molecule has 0 amide bonds. The first-order chi connectivity index (χ1) is 16.4. The van der Waals surface area contributed by atoms with E-state index >= 15 is 0 Å². The van der Waals surface area contributed by atoms with Gasteiger partial charge in [-0.15, -0.1) is 0 Å². The highest BCUT2D eigenvalue weighted by Gasteiger charge is 2.22. The highest BCUT2D eigenvalue weighted by Crippen LogP contribution is 2.35. The minimum absolute atomic E-state index is 0.117. The molecule has 10 heteroatoms. The van der Waals surface area contributed by atoms with Crippen LogP contribution in [-0.4, -0.2) is 24.5 Å². The summed E-state index contributed by atoms with van der Waals surface area (Å²) in [6, 6.07) is 15.0. The molecule has 0 aliphatic heterocycles. The Morgan fingerprint density at radius 1 is 1.00 bits per heavy atom. The average molecular weight is 598 g/mol. The van der Waals surface area contributed by atoms with Gasteiger partial charge in [-0.1, -0.05) is 51.3 Å². The Hall–Kier alpha value is -2.52. The zero-order valence-corrected chi connectivity index (χ0v) is 22.3. The maximum atomic E-state index is 13.9. The summed E-state index contributed by atoms with van der Waals surface area (Å²) in [6.07, 6.45) is 2.28. The molecule has 0 aliphatic carbocycles. The third kappa shape index (κ3) is 5.51. The van der Waals surface area contributed by atoms with Gasteiger partial charge in [-0.05, 0) is 61.0 Å². The quantitative estimate of drug-likeness (QED) is 0.236. The molecule has 0 radical (unpaired) electrons. The van der Waals surface area contributed by atoms with Crippen LogP contribution in [0.15, 0.2) is 65.1 Å². The summed E-state index contributed by atoms with van der Waals surface area (Å²) in [5, 5.41) is 5.42. The fourth-order valence-corrected chi connectivity index (χ4v) is 5.27. The Morgan fingerprint density at radius 3 is 2.20 bits per heavy atom. The van der Waals surface area contributed by atoms with Crippen molar-refractivity contribution in [3.8, 4) is 16.9 Å². The lowest BCUT2D eigenvalue weighted by Gasteiger charge is -2.11. The number of rotatable bonds is 5. The molecule has 0 N–H and O–H groups in total. The van der Waals surface area contributed by atoms with E-state index in [1.54, 1.807) is 29.8 Å². The van der Waals surface area contributed by atoms with Gasteiger partial charge in [0.15, 0.2) is 9.84 Å². The van der Waals surface area contributed by atoms with Crippen LogP contribution in [0.3, 0.4) is 0 Å². The van der Waals surface area contributed by atoms with E-state index < -0.39 is 21.5 Å². The van der Waals surface area contributed by atoms with E-state index in [9.17, 15) is 17.2 Å². The van der Waals surface area contributed by atoms with Crippen molar-refractivity contribution in [2.75, 3.05) is 6.26 Å². The largest absolute Gasteiger partial charge is 0.231 e. The Kier molecular flexibility index (Phi) is 7.20. The van der Waals surface area contributed by atoms with Gasteiger partial charge in [-0.25, -0.2) is 21.9 Å². The SMILES string of the molecule is Cc1c(/C=C(/c2cc(F)cc(F)c2)S(C)(=O)=O)nn(-c2ccc(Cl)cc2Cl)c1-c1ccc(Br)cc1. The fourth-order valence-electron chi connectivity index (χ4n) is 3.65. The number of nitrogens with zero attached hydrogens (tertiary/aromatic N) is 2. The molecule has 0 saturated heterocycles. The lowest BCUT2D eigenvalue weighted by atomic mass is 10.1. The number of benzene rings is 3. The van der Waals surface area contributed by atoms with Crippen LogP contribution in [0.2, 0.25) is 10.0 Å². The van der Waals surface area contributed by atoms with Crippen LogP contribution in [0.4, 0.5) is 8.78 Å².